The van der Waals surface area contributed by atoms with E-state index in [0.717, 1.165) is 61.2 Å². The first kappa shape index (κ1) is 31.2. The molecule has 0 radical (unpaired) electrons. The molecule has 0 atom stereocenters. The fourth-order valence-corrected chi connectivity index (χ4v) is 8.32. The van der Waals surface area contributed by atoms with Gasteiger partial charge in [0.2, 0.25) is 0 Å². The van der Waals surface area contributed by atoms with Gasteiger partial charge >= 0.3 is 0 Å². The second kappa shape index (κ2) is 12.6. The smallest absolute Gasteiger partial charge is 0.143 e. The molecular weight excluding hydrogens is 669 g/mol. The van der Waals surface area contributed by atoms with E-state index >= 15 is 0 Å². The predicted molar refractivity (Wildman–Crippen MR) is 231 cm³/mol. The Morgan fingerprint density at radius 3 is 1.65 bits per heavy atom. The van der Waals surface area contributed by atoms with Crippen molar-refractivity contribution in [3.8, 4) is 27.9 Å². The van der Waals surface area contributed by atoms with E-state index in [0.29, 0.717) is 0 Å². The van der Waals surface area contributed by atoms with E-state index < -0.39 is 0 Å². The molecule has 0 saturated heterocycles. The Balaban J connectivity index is 1.04. The van der Waals surface area contributed by atoms with Crippen LogP contribution in [-0.2, 0) is 0 Å². The van der Waals surface area contributed by atoms with Crippen molar-refractivity contribution < 1.29 is 4.42 Å². The van der Waals surface area contributed by atoms with Gasteiger partial charge in [0, 0.05) is 49.7 Å². The summed E-state index contributed by atoms with van der Waals surface area (Å²) in [5.74, 6) is 0. The van der Waals surface area contributed by atoms with Crippen LogP contribution >= 0.6 is 0 Å². The highest BCUT2D eigenvalue weighted by molar-refractivity contribution is 6.15. The van der Waals surface area contributed by atoms with Crippen molar-refractivity contribution in [2.24, 2.45) is 0 Å². The first-order valence-electron chi connectivity index (χ1n) is 18.8. The molecule has 0 N–H and O–H groups in total. The van der Waals surface area contributed by atoms with Gasteiger partial charge in [0.1, 0.15) is 11.2 Å². The molecule has 0 fully saturated rings. The third-order valence-electron chi connectivity index (χ3n) is 11.0. The number of fused-ring (bicyclic) bond motifs is 8. The molecule has 3 nitrogen and oxygen atoms in total. The van der Waals surface area contributed by atoms with Crippen LogP contribution in [0.25, 0.3) is 82.5 Å². The van der Waals surface area contributed by atoms with Crippen LogP contribution in [0.5, 0.6) is 0 Å². The minimum absolute atomic E-state index is 0.898. The number of hydrogen-bond acceptors (Lipinski definition) is 2. The molecule has 3 heteroatoms. The first-order chi connectivity index (χ1) is 27.3. The number of aromatic nitrogens is 1. The van der Waals surface area contributed by atoms with Gasteiger partial charge in [0.05, 0.1) is 11.0 Å². The summed E-state index contributed by atoms with van der Waals surface area (Å²) in [7, 11) is 0. The molecule has 0 amide bonds. The van der Waals surface area contributed by atoms with Crippen LogP contribution in [0.1, 0.15) is 0 Å². The number of rotatable bonds is 6. The molecule has 2 aromatic heterocycles. The topological polar surface area (TPSA) is 21.3 Å². The van der Waals surface area contributed by atoms with Gasteiger partial charge in [-0.25, -0.2) is 0 Å². The Bertz CT molecular complexity index is 3180. The van der Waals surface area contributed by atoms with E-state index in [1.54, 1.807) is 0 Å². The molecule has 0 aliphatic carbocycles. The Kier molecular flexibility index (Phi) is 7.17. The van der Waals surface area contributed by atoms with Crippen molar-refractivity contribution in [1.29, 1.82) is 0 Å². The lowest BCUT2D eigenvalue weighted by atomic mass is 10.0. The lowest BCUT2D eigenvalue weighted by Crippen LogP contribution is -2.10. The van der Waals surface area contributed by atoms with E-state index in [9.17, 15) is 0 Å². The minimum atomic E-state index is 0.898. The van der Waals surface area contributed by atoms with Crippen LogP contribution in [0, 0.1) is 0 Å². The molecule has 0 unspecified atom stereocenters. The lowest BCUT2D eigenvalue weighted by Gasteiger charge is -2.26. The van der Waals surface area contributed by atoms with E-state index in [-0.39, 0.29) is 0 Å². The van der Waals surface area contributed by atoms with Gasteiger partial charge in [-0.15, -0.1) is 0 Å². The molecule has 0 aliphatic rings. The molecule has 11 aromatic rings. The number of furan rings is 1. The number of benzene rings is 9. The molecule has 0 saturated carbocycles. The second-order valence-corrected chi connectivity index (χ2v) is 14.2. The molecule has 0 bridgehead atoms. The molecule has 9 aromatic carbocycles. The van der Waals surface area contributed by atoms with Crippen LogP contribution in [0.3, 0.4) is 0 Å². The zero-order valence-electron chi connectivity index (χ0n) is 29.9. The maximum Gasteiger partial charge on any atom is 0.143 e. The molecule has 258 valence electrons. The fraction of sp³-hybridized carbons (Fsp3) is 0. The molecule has 0 spiro atoms. The summed E-state index contributed by atoms with van der Waals surface area (Å²) in [5.41, 5.74) is 13.2. The fourth-order valence-electron chi connectivity index (χ4n) is 8.32. The highest BCUT2D eigenvalue weighted by atomic mass is 16.3. The van der Waals surface area contributed by atoms with Crippen molar-refractivity contribution >= 4 is 71.6 Å². The van der Waals surface area contributed by atoms with Crippen LogP contribution in [0.15, 0.2) is 211 Å². The summed E-state index contributed by atoms with van der Waals surface area (Å²) in [6.45, 7) is 0. The van der Waals surface area contributed by atoms with E-state index in [1.165, 1.54) is 38.3 Å². The summed E-state index contributed by atoms with van der Waals surface area (Å²) in [6.07, 6.45) is 0. The van der Waals surface area contributed by atoms with Gasteiger partial charge in [-0.05, 0) is 100 Å². The Labute approximate surface area is 318 Å². The van der Waals surface area contributed by atoms with Gasteiger partial charge in [-0.2, -0.15) is 0 Å². The lowest BCUT2D eigenvalue weighted by molar-refractivity contribution is 0.673. The number of anilines is 3. The van der Waals surface area contributed by atoms with Crippen LogP contribution in [0.2, 0.25) is 0 Å². The quantitative estimate of drug-likeness (QED) is 0.172. The van der Waals surface area contributed by atoms with E-state index in [1.807, 2.05) is 0 Å². The summed E-state index contributed by atoms with van der Waals surface area (Å²) in [4.78, 5) is 2.36. The van der Waals surface area contributed by atoms with Crippen molar-refractivity contribution in [3.63, 3.8) is 0 Å². The summed E-state index contributed by atoms with van der Waals surface area (Å²) in [6, 6.07) is 73.9. The summed E-state index contributed by atoms with van der Waals surface area (Å²) < 4.78 is 8.92. The summed E-state index contributed by atoms with van der Waals surface area (Å²) in [5, 5.41) is 7.08. The zero-order valence-corrected chi connectivity index (χ0v) is 29.9. The minimum Gasteiger partial charge on any atom is -0.455 e. The van der Waals surface area contributed by atoms with Gasteiger partial charge in [0.25, 0.3) is 0 Å². The van der Waals surface area contributed by atoms with Crippen molar-refractivity contribution in [2.75, 3.05) is 4.90 Å². The Hall–Kier alpha value is -7.36. The SMILES string of the molecule is c1ccc(-c2ccc(N(c3ccc(-c4ccc5c(c4)oc4c6ccccc6ccc54)cc3)c3ccc4c5ccccc5n(-c5ccccc5)c4c3)cc2)cc1. The highest BCUT2D eigenvalue weighted by Crippen LogP contribution is 2.41. The van der Waals surface area contributed by atoms with Crippen LogP contribution in [0.4, 0.5) is 17.1 Å². The summed E-state index contributed by atoms with van der Waals surface area (Å²) >= 11 is 0. The standard InChI is InChI=1S/C52H34N2O/c1-3-11-35(12-4-1)36-19-25-41(26-20-36)53(43-29-32-46-45-17-9-10-18-49(45)54(50(46)34-43)40-14-5-2-6-15-40)42-27-21-37(22-28-42)39-24-30-47-48-31-23-38-13-7-8-16-44(38)52(48)55-51(47)33-39/h1-34H. The maximum absolute atomic E-state index is 6.54. The Morgan fingerprint density at radius 1 is 0.345 bits per heavy atom. The van der Waals surface area contributed by atoms with Crippen molar-refractivity contribution in [1.82, 2.24) is 4.57 Å². The van der Waals surface area contributed by atoms with Crippen LogP contribution < -0.4 is 4.90 Å². The molecule has 0 aliphatic heterocycles. The third-order valence-corrected chi connectivity index (χ3v) is 11.0. The van der Waals surface area contributed by atoms with Crippen LogP contribution in [-0.4, -0.2) is 4.57 Å². The molecule has 11 rings (SSSR count). The second-order valence-electron chi connectivity index (χ2n) is 14.2. The van der Waals surface area contributed by atoms with Gasteiger partial charge in [-0.3, -0.25) is 0 Å². The maximum atomic E-state index is 6.54. The Morgan fingerprint density at radius 2 is 0.891 bits per heavy atom. The van der Waals surface area contributed by atoms with Gasteiger partial charge in [0.15, 0.2) is 0 Å². The predicted octanol–water partition coefficient (Wildman–Crippen LogP) is 14.6. The largest absolute Gasteiger partial charge is 0.455 e. The van der Waals surface area contributed by atoms with Gasteiger partial charge < -0.3 is 13.9 Å². The van der Waals surface area contributed by atoms with E-state index in [2.05, 4.69) is 216 Å². The zero-order chi connectivity index (χ0) is 36.3. The molecule has 55 heavy (non-hydrogen) atoms. The number of nitrogens with zero attached hydrogens (tertiary/aromatic N) is 2. The average Bonchev–Trinajstić information content (AvgIpc) is 3.80. The monoisotopic (exact) mass is 702 g/mol. The average molecular weight is 703 g/mol. The number of hydrogen-bond donors (Lipinski definition) is 0. The first-order valence-corrected chi connectivity index (χ1v) is 18.8. The van der Waals surface area contributed by atoms with E-state index in [4.69, 9.17) is 4.42 Å². The van der Waals surface area contributed by atoms with Gasteiger partial charge in [-0.1, -0.05) is 133 Å². The van der Waals surface area contributed by atoms with Crippen molar-refractivity contribution in [3.05, 3.63) is 206 Å². The third kappa shape index (κ3) is 5.20. The normalized spacial score (nSPS) is 11.6. The molecular formula is C52H34N2O. The number of para-hydroxylation sites is 2. The molecule has 2 heterocycles. The highest BCUT2D eigenvalue weighted by Gasteiger charge is 2.18. The van der Waals surface area contributed by atoms with Crippen molar-refractivity contribution in [2.45, 2.75) is 0 Å².